The molecule has 3 aromatic heterocycles. The highest BCUT2D eigenvalue weighted by atomic mass is 32.1. The highest BCUT2D eigenvalue weighted by molar-refractivity contribution is 7.17. The van der Waals surface area contributed by atoms with E-state index in [0.29, 0.717) is 33.8 Å². The number of nitrogens with one attached hydrogen (secondary N) is 3. The van der Waals surface area contributed by atoms with Gasteiger partial charge in [0.05, 0.1) is 42.3 Å². The molecule has 0 unspecified atom stereocenters. The summed E-state index contributed by atoms with van der Waals surface area (Å²) in [7, 11) is 0. The van der Waals surface area contributed by atoms with Gasteiger partial charge in [-0.05, 0) is 37.6 Å². The molecule has 0 aliphatic carbocycles. The van der Waals surface area contributed by atoms with E-state index in [0.717, 1.165) is 16.5 Å². The van der Waals surface area contributed by atoms with Crippen molar-refractivity contribution in [2.45, 2.75) is 20.3 Å². The highest BCUT2D eigenvalue weighted by Gasteiger charge is 2.15. The number of H-pyrrole nitrogens is 1. The molecule has 10 heteroatoms. The molecule has 0 atom stereocenters. The molecule has 1 aromatic carbocycles. The smallest absolute Gasteiger partial charge is 0.311 e. The summed E-state index contributed by atoms with van der Waals surface area (Å²) in [5.41, 5.74) is 3.09. The molecule has 0 bridgehead atoms. The molecule has 0 saturated carbocycles. The average molecular weight is 436 g/mol. The van der Waals surface area contributed by atoms with Crippen LogP contribution in [0, 0.1) is 6.92 Å². The van der Waals surface area contributed by atoms with Crippen molar-refractivity contribution in [2.24, 2.45) is 0 Å². The van der Waals surface area contributed by atoms with Crippen LogP contribution in [0.4, 0.5) is 16.6 Å². The number of esters is 1. The standard InChI is InChI=1S/C21H20N6O3S/c1-3-30-18(28)9-13-5-4-6-17(24-13)25-21-22-11-16(31-21)20(29)26-19-12(2)7-8-15-14(19)10-23-27-15/h4-8,10-11H,3,9H2,1-2H3,(H,23,27)(H,26,29)(H,22,24,25). The monoisotopic (exact) mass is 436 g/mol. The summed E-state index contributed by atoms with van der Waals surface area (Å²) in [6, 6.07) is 9.15. The third kappa shape index (κ3) is 4.69. The summed E-state index contributed by atoms with van der Waals surface area (Å²) in [6.07, 6.45) is 3.29. The number of carbonyl (C=O) groups excluding carboxylic acids is 2. The van der Waals surface area contributed by atoms with Crippen LogP contribution < -0.4 is 10.6 Å². The number of amides is 1. The van der Waals surface area contributed by atoms with Crippen LogP contribution in [-0.2, 0) is 16.0 Å². The lowest BCUT2D eigenvalue weighted by Crippen LogP contribution is -2.11. The number of hydrogen-bond acceptors (Lipinski definition) is 8. The maximum atomic E-state index is 12.8. The fourth-order valence-electron chi connectivity index (χ4n) is 3.02. The van der Waals surface area contributed by atoms with Gasteiger partial charge in [0, 0.05) is 5.39 Å². The molecule has 4 aromatic rings. The van der Waals surface area contributed by atoms with Crippen molar-refractivity contribution >= 4 is 50.8 Å². The van der Waals surface area contributed by atoms with Gasteiger partial charge in [-0.2, -0.15) is 5.10 Å². The second-order valence-electron chi connectivity index (χ2n) is 6.69. The van der Waals surface area contributed by atoms with E-state index in [9.17, 15) is 9.59 Å². The summed E-state index contributed by atoms with van der Waals surface area (Å²) in [5.74, 6) is -0.0585. The van der Waals surface area contributed by atoms with E-state index in [1.165, 1.54) is 17.5 Å². The number of thiazole rings is 1. The SMILES string of the molecule is CCOC(=O)Cc1cccc(Nc2ncc(C(=O)Nc3c(C)ccc4[nH]ncc34)s2)n1. The zero-order valence-corrected chi connectivity index (χ0v) is 17.7. The number of anilines is 3. The number of benzene rings is 1. The molecule has 4 rings (SSSR count). The van der Waals surface area contributed by atoms with Crippen molar-refractivity contribution in [1.29, 1.82) is 0 Å². The van der Waals surface area contributed by atoms with Crippen LogP contribution >= 0.6 is 11.3 Å². The molecule has 31 heavy (non-hydrogen) atoms. The second kappa shape index (κ2) is 8.92. The van der Waals surface area contributed by atoms with E-state index in [2.05, 4.69) is 30.8 Å². The highest BCUT2D eigenvalue weighted by Crippen LogP contribution is 2.28. The summed E-state index contributed by atoms with van der Waals surface area (Å²) < 4.78 is 4.95. The fourth-order valence-corrected chi connectivity index (χ4v) is 3.74. The Morgan fingerprint density at radius 3 is 2.90 bits per heavy atom. The van der Waals surface area contributed by atoms with Crippen LogP contribution in [0.2, 0.25) is 0 Å². The lowest BCUT2D eigenvalue weighted by atomic mass is 10.1. The molecule has 0 aliphatic heterocycles. The Morgan fingerprint density at radius 2 is 2.06 bits per heavy atom. The van der Waals surface area contributed by atoms with Gasteiger partial charge in [0.2, 0.25) is 0 Å². The number of nitrogens with zero attached hydrogens (tertiary/aromatic N) is 3. The van der Waals surface area contributed by atoms with E-state index in [-0.39, 0.29) is 18.3 Å². The third-order valence-electron chi connectivity index (χ3n) is 4.47. The van der Waals surface area contributed by atoms with Crippen molar-refractivity contribution < 1.29 is 14.3 Å². The number of aromatic nitrogens is 4. The molecule has 3 N–H and O–H groups in total. The number of pyridine rings is 1. The number of ether oxygens (including phenoxy) is 1. The van der Waals surface area contributed by atoms with Crippen LogP contribution in [0.3, 0.4) is 0 Å². The van der Waals surface area contributed by atoms with Gasteiger partial charge < -0.3 is 15.4 Å². The van der Waals surface area contributed by atoms with E-state index in [4.69, 9.17) is 4.74 Å². The van der Waals surface area contributed by atoms with Crippen molar-refractivity contribution in [3.05, 3.63) is 58.9 Å². The van der Waals surface area contributed by atoms with Gasteiger partial charge >= 0.3 is 5.97 Å². The maximum Gasteiger partial charge on any atom is 0.311 e. The van der Waals surface area contributed by atoms with Crippen molar-refractivity contribution in [3.63, 3.8) is 0 Å². The van der Waals surface area contributed by atoms with Crippen LogP contribution in [0.15, 0.2) is 42.7 Å². The van der Waals surface area contributed by atoms with Crippen molar-refractivity contribution in [2.75, 3.05) is 17.2 Å². The van der Waals surface area contributed by atoms with Crippen molar-refractivity contribution in [3.8, 4) is 0 Å². The lowest BCUT2D eigenvalue weighted by Gasteiger charge is -2.08. The van der Waals surface area contributed by atoms with Crippen LogP contribution in [0.5, 0.6) is 0 Å². The molecule has 1 amide bonds. The van der Waals surface area contributed by atoms with Gasteiger partial charge in [0.15, 0.2) is 5.13 Å². The molecule has 0 spiro atoms. The Kier molecular flexibility index (Phi) is 5.89. The van der Waals surface area contributed by atoms with Gasteiger partial charge in [-0.1, -0.05) is 23.5 Å². The minimum atomic E-state index is -0.330. The van der Waals surface area contributed by atoms with Crippen LogP contribution in [0.25, 0.3) is 10.9 Å². The molecule has 0 saturated heterocycles. The first-order valence-electron chi connectivity index (χ1n) is 9.62. The Hall–Kier alpha value is -3.79. The van der Waals surface area contributed by atoms with E-state index >= 15 is 0 Å². The Labute approximate surface area is 181 Å². The first-order chi connectivity index (χ1) is 15.0. The summed E-state index contributed by atoms with van der Waals surface area (Å²) in [6.45, 7) is 4.02. The maximum absolute atomic E-state index is 12.8. The molecule has 0 aliphatic rings. The lowest BCUT2D eigenvalue weighted by molar-refractivity contribution is -0.142. The summed E-state index contributed by atoms with van der Waals surface area (Å²) in [4.78, 5) is 33.5. The quantitative estimate of drug-likeness (QED) is 0.376. The topological polar surface area (TPSA) is 122 Å². The summed E-state index contributed by atoms with van der Waals surface area (Å²) in [5, 5.41) is 14.3. The first-order valence-corrected chi connectivity index (χ1v) is 10.4. The van der Waals surface area contributed by atoms with Crippen LogP contribution in [-0.4, -0.2) is 38.6 Å². The zero-order valence-electron chi connectivity index (χ0n) is 16.9. The Balaban J connectivity index is 1.46. The minimum absolute atomic E-state index is 0.0911. The average Bonchev–Trinajstić information content (AvgIpc) is 3.40. The molecular formula is C21H20N6O3S. The molecule has 3 heterocycles. The minimum Gasteiger partial charge on any atom is -0.466 e. The summed E-state index contributed by atoms with van der Waals surface area (Å²) >= 11 is 1.21. The fraction of sp³-hybridized carbons (Fsp3) is 0.190. The van der Waals surface area contributed by atoms with E-state index in [1.807, 2.05) is 19.1 Å². The van der Waals surface area contributed by atoms with Gasteiger partial charge in [-0.3, -0.25) is 14.7 Å². The van der Waals surface area contributed by atoms with Gasteiger partial charge in [-0.25, -0.2) is 9.97 Å². The zero-order chi connectivity index (χ0) is 21.8. The largest absolute Gasteiger partial charge is 0.466 e. The molecule has 0 radical (unpaired) electrons. The number of carbonyl (C=O) groups is 2. The number of fused-ring (bicyclic) bond motifs is 1. The number of aryl methyl sites for hydroxylation is 1. The van der Waals surface area contributed by atoms with Crippen LogP contribution in [0.1, 0.15) is 27.9 Å². The third-order valence-corrected chi connectivity index (χ3v) is 5.38. The van der Waals surface area contributed by atoms with Crippen molar-refractivity contribution in [1.82, 2.24) is 20.2 Å². The van der Waals surface area contributed by atoms with Gasteiger partial charge in [0.1, 0.15) is 10.7 Å². The Morgan fingerprint density at radius 1 is 1.19 bits per heavy atom. The molecule has 9 nitrogen and oxygen atoms in total. The normalized spacial score (nSPS) is 10.8. The molecule has 0 fully saturated rings. The molecule has 158 valence electrons. The van der Waals surface area contributed by atoms with E-state index < -0.39 is 0 Å². The predicted octanol–water partition coefficient (Wildman–Crippen LogP) is 3.82. The van der Waals surface area contributed by atoms with Gasteiger partial charge in [-0.15, -0.1) is 0 Å². The second-order valence-corrected chi connectivity index (χ2v) is 7.72. The predicted molar refractivity (Wildman–Crippen MR) is 119 cm³/mol. The number of aromatic amines is 1. The number of rotatable bonds is 7. The number of hydrogen-bond donors (Lipinski definition) is 3. The van der Waals surface area contributed by atoms with Gasteiger partial charge in [0.25, 0.3) is 5.91 Å². The Bertz CT molecular complexity index is 1250. The first kappa shape index (κ1) is 20.5. The molecular weight excluding hydrogens is 416 g/mol. The van der Waals surface area contributed by atoms with E-state index in [1.54, 1.807) is 31.3 Å².